The van der Waals surface area contributed by atoms with Gasteiger partial charge in [-0.15, -0.1) is 0 Å². The molecule has 0 saturated carbocycles. The van der Waals surface area contributed by atoms with E-state index in [1.54, 1.807) is 0 Å². The van der Waals surface area contributed by atoms with Gasteiger partial charge in [0.2, 0.25) is 0 Å². The van der Waals surface area contributed by atoms with Crippen LogP contribution in [0.25, 0.3) is 0 Å². The van der Waals surface area contributed by atoms with Crippen LogP contribution in [-0.4, -0.2) is 44.7 Å². The summed E-state index contributed by atoms with van der Waals surface area (Å²) in [6.45, 7) is 11.5. The lowest BCUT2D eigenvalue weighted by atomic mass is 10.8. The molecule has 4 nitrogen and oxygen atoms in total. The van der Waals surface area contributed by atoms with Gasteiger partial charge in [0.05, 0.1) is 0 Å². The summed E-state index contributed by atoms with van der Waals surface area (Å²) >= 11 is 0. The van der Waals surface area contributed by atoms with Crippen LogP contribution < -0.4 is 0 Å². The van der Waals surface area contributed by atoms with E-state index in [0.717, 1.165) is 6.54 Å². The van der Waals surface area contributed by atoms with Gasteiger partial charge in [0.15, 0.2) is 0 Å². The molecule has 2 atom stereocenters. The van der Waals surface area contributed by atoms with Gasteiger partial charge in [-0.05, 0) is 39.8 Å². The standard InChI is InChI=1S/C7H21NO3Si3/c1-7-8(2)14(6)10-12(3)9-13(4,5)11-14/h12H,7H2,1-6H3. The summed E-state index contributed by atoms with van der Waals surface area (Å²) < 4.78 is 20.1. The normalized spacial score (nSPS) is 37.5. The van der Waals surface area contributed by atoms with Crippen molar-refractivity contribution in [2.24, 2.45) is 0 Å². The van der Waals surface area contributed by atoms with Crippen LogP contribution in [0.4, 0.5) is 0 Å². The van der Waals surface area contributed by atoms with E-state index in [1.807, 2.05) is 0 Å². The van der Waals surface area contributed by atoms with Gasteiger partial charge in [0, 0.05) is 0 Å². The van der Waals surface area contributed by atoms with Crippen molar-refractivity contribution in [1.82, 2.24) is 4.57 Å². The van der Waals surface area contributed by atoms with Crippen molar-refractivity contribution in [2.75, 3.05) is 13.6 Å². The van der Waals surface area contributed by atoms with Crippen LogP contribution in [0.5, 0.6) is 0 Å². The third-order valence-corrected chi connectivity index (χ3v) is 14.3. The third kappa shape index (κ3) is 2.75. The quantitative estimate of drug-likeness (QED) is 0.688. The van der Waals surface area contributed by atoms with Crippen molar-refractivity contribution in [3.05, 3.63) is 0 Å². The fraction of sp³-hybridized carbons (Fsp3) is 1.00. The molecule has 0 spiro atoms. The Morgan fingerprint density at radius 3 is 2.21 bits per heavy atom. The van der Waals surface area contributed by atoms with Crippen molar-refractivity contribution in [3.8, 4) is 0 Å². The van der Waals surface area contributed by atoms with Crippen molar-refractivity contribution >= 4 is 26.6 Å². The van der Waals surface area contributed by atoms with Crippen LogP contribution in [0.15, 0.2) is 0 Å². The smallest absolute Gasteiger partial charge is 0.406 e. The fourth-order valence-electron chi connectivity index (χ4n) is 1.69. The number of hydrogen-bond donors (Lipinski definition) is 0. The molecule has 1 aliphatic rings. The molecule has 0 radical (unpaired) electrons. The zero-order chi connectivity index (χ0) is 11.0. The second kappa shape index (κ2) is 4.16. The van der Waals surface area contributed by atoms with Gasteiger partial charge < -0.3 is 12.3 Å². The van der Waals surface area contributed by atoms with Crippen LogP contribution in [0.3, 0.4) is 0 Å². The molecular formula is C7H21NO3Si3. The molecule has 0 N–H and O–H groups in total. The minimum absolute atomic E-state index is 0.967. The molecule has 14 heavy (non-hydrogen) atoms. The number of hydrogen-bond acceptors (Lipinski definition) is 4. The Hall–Kier alpha value is 0.491. The van der Waals surface area contributed by atoms with E-state index in [4.69, 9.17) is 12.3 Å². The Morgan fingerprint density at radius 1 is 1.21 bits per heavy atom. The highest BCUT2D eigenvalue weighted by Gasteiger charge is 2.50. The van der Waals surface area contributed by atoms with Gasteiger partial charge in [0.1, 0.15) is 0 Å². The van der Waals surface area contributed by atoms with E-state index >= 15 is 0 Å². The molecule has 0 bridgehead atoms. The first kappa shape index (κ1) is 12.6. The van der Waals surface area contributed by atoms with E-state index in [1.165, 1.54) is 0 Å². The second-order valence-corrected chi connectivity index (χ2v) is 13.4. The monoisotopic (exact) mass is 251 g/mol. The maximum Gasteiger partial charge on any atom is 0.406 e. The summed E-state index contributed by atoms with van der Waals surface area (Å²) in [4.78, 5) is 0. The van der Waals surface area contributed by atoms with E-state index in [0.29, 0.717) is 0 Å². The minimum Gasteiger partial charge on any atom is -0.418 e. The predicted octanol–water partition coefficient (Wildman–Crippen LogP) is 1.12. The number of nitrogens with zero attached hydrogens (tertiary/aromatic N) is 1. The van der Waals surface area contributed by atoms with Crippen molar-refractivity contribution in [3.63, 3.8) is 0 Å². The predicted molar refractivity (Wildman–Crippen MR) is 63.7 cm³/mol. The fourth-order valence-corrected chi connectivity index (χ4v) is 14.8. The Kier molecular flexibility index (Phi) is 3.73. The largest absolute Gasteiger partial charge is 0.418 e. The first-order valence-corrected chi connectivity index (χ1v) is 12.2. The molecule has 1 rings (SSSR count). The molecule has 0 aromatic carbocycles. The van der Waals surface area contributed by atoms with Gasteiger partial charge in [-0.3, -0.25) is 4.57 Å². The highest BCUT2D eigenvalue weighted by Crippen LogP contribution is 2.26. The first-order chi connectivity index (χ1) is 6.29. The molecule has 2 unspecified atom stereocenters. The van der Waals surface area contributed by atoms with E-state index in [9.17, 15) is 0 Å². The highest BCUT2D eigenvalue weighted by atomic mass is 28.5. The van der Waals surface area contributed by atoms with E-state index in [2.05, 4.69) is 44.7 Å². The lowest BCUT2D eigenvalue weighted by Crippen LogP contribution is -2.67. The molecule has 1 aliphatic heterocycles. The van der Waals surface area contributed by atoms with Crippen molar-refractivity contribution < 1.29 is 12.3 Å². The van der Waals surface area contributed by atoms with Gasteiger partial charge in [-0.1, -0.05) is 6.92 Å². The molecule has 0 aromatic heterocycles. The van der Waals surface area contributed by atoms with Crippen LogP contribution in [0.2, 0.25) is 26.2 Å². The molecule has 84 valence electrons. The van der Waals surface area contributed by atoms with Gasteiger partial charge in [0.25, 0.3) is 0 Å². The van der Waals surface area contributed by atoms with Gasteiger partial charge in [-0.25, -0.2) is 0 Å². The Morgan fingerprint density at radius 2 is 1.79 bits per heavy atom. The molecule has 0 amide bonds. The second-order valence-electron chi connectivity index (χ2n) is 4.22. The minimum atomic E-state index is -2.11. The summed E-state index contributed by atoms with van der Waals surface area (Å²) in [5, 5.41) is 0. The Bertz CT molecular complexity index is 216. The molecular weight excluding hydrogens is 230 g/mol. The Labute approximate surface area is 90.6 Å². The number of rotatable bonds is 2. The summed E-state index contributed by atoms with van der Waals surface area (Å²) in [6.07, 6.45) is 0. The Balaban J connectivity index is 2.78. The summed E-state index contributed by atoms with van der Waals surface area (Å²) in [7, 11) is -3.40. The van der Waals surface area contributed by atoms with Crippen molar-refractivity contribution in [1.29, 1.82) is 0 Å². The summed E-state index contributed by atoms with van der Waals surface area (Å²) in [6, 6.07) is 0. The molecule has 1 heterocycles. The maximum absolute atomic E-state index is 6.08. The van der Waals surface area contributed by atoms with E-state index in [-0.39, 0.29) is 0 Å². The first-order valence-electron chi connectivity index (χ1n) is 5.06. The highest BCUT2D eigenvalue weighted by molar-refractivity contribution is 6.86. The topological polar surface area (TPSA) is 30.9 Å². The van der Waals surface area contributed by atoms with E-state index < -0.39 is 26.6 Å². The SMILES string of the molecule is CCN(C)[Si]1(C)O[SiH](C)O[Si](C)(C)O1. The molecule has 7 heteroatoms. The lowest BCUT2D eigenvalue weighted by molar-refractivity contribution is 0.199. The molecule has 0 aliphatic carbocycles. The van der Waals surface area contributed by atoms with Crippen LogP contribution >= 0.6 is 0 Å². The third-order valence-electron chi connectivity index (χ3n) is 2.44. The molecule has 1 fully saturated rings. The van der Waals surface area contributed by atoms with Crippen LogP contribution in [0.1, 0.15) is 6.92 Å². The van der Waals surface area contributed by atoms with Crippen molar-refractivity contribution in [2.45, 2.75) is 33.1 Å². The average Bonchev–Trinajstić information content (AvgIpc) is 1.98. The lowest BCUT2D eigenvalue weighted by Gasteiger charge is -2.46. The van der Waals surface area contributed by atoms with Crippen LogP contribution in [0, 0.1) is 0 Å². The zero-order valence-electron chi connectivity index (χ0n) is 9.96. The van der Waals surface area contributed by atoms with Gasteiger partial charge >= 0.3 is 26.6 Å². The summed E-state index contributed by atoms with van der Waals surface area (Å²) in [5.74, 6) is 0. The summed E-state index contributed by atoms with van der Waals surface area (Å²) in [5.41, 5.74) is 0. The molecule has 1 saturated heterocycles. The average molecular weight is 252 g/mol. The molecule has 0 aromatic rings. The zero-order valence-corrected chi connectivity index (χ0v) is 13.1. The van der Waals surface area contributed by atoms with Crippen LogP contribution in [-0.2, 0) is 12.3 Å². The van der Waals surface area contributed by atoms with Gasteiger partial charge in [-0.2, -0.15) is 0 Å². The maximum atomic E-state index is 6.08.